The van der Waals surface area contributed by atoms with Gasteiger partial charge in [-0.15, -0.1) is 0 Å². The third kappa shape index (κ3) is 4.04. The van der Waals surface area contributed by atoms with Gasteiger partial charge in [0.05, 0.1) is 0 Å². The predicted molar refractivity (Wildman–Crippen MR) is 87.6 cm³/mol. The van der Waals surface area contributed by atoms with Gasteiger partial charge in [-0.2, -0.15) is 4.37 Å². The molecule has 3 nitrogen and oxygen atoms in total. The van der Waals surface area contributed by atoms with Crippen LogP contribution in [-0.2, 0) is 12.8 Å². The van der Waals surface area contributed by atoms with Gasteiger partial charge in [0.2, 0.25) is 0 Å². The summed E-state index contributed by atoms with van der Waals surface area (Å²) in [7, 11) is 2.01. The van der Waals surface area contributed by atoms with Gasteiger partial charge in [0.1, 0.15) is 5.82 Å². The van der Waals surface area contributed by atoms with Crippen molar-refractivity contribution in [2.24, 2.45) is 0 Å². The molecule has 1 aromatic carbocycles. The van der Waals surface area contributed by atoms with Crippen molar-refractivity contribution < 1.29 is 0 Å². The van der Waals surface area contributed by atoms with Crippen LogP contribution in [0, 0.1) is 0 Å². The maximum absolute atomic E-state index is 4.50. The van der Waals surface area contributed by atoms with Crippen LogP contribution in [0.15, 0.2) is 28.6 Å². The second-order valence-electron chi connectivity index (χ2n) is 4.58. The Labute approximate surface area is 129 Å². The van der Waals surface area contributed by atoms with E-state index in [4.69, 9.17) is 0 Å². The molecule has 5 heteroatoms. The van der Waals surface area contributed by atoms with E-state index in [1.54, 1.807) is 11.8 Å². The van der Waals surface area contributed by atoms with Crippen molar-refractivity contribution in [3.63, 3.8) is 0 Å². The maximum Gasteiger partial charge on any atom is 0.170 e. The fraction of sp³-hybridized carbons (Fsp3) is 0.467. The average Bonchev–Trinajstić information content (AvgIpc) is 2.96. The highest BCUT2D eigenvalue weighted by molar-refractivity contribution is 8.00. The summed E-state index contributed by atoms with van der Waals surface area (Å²) in [5.74, 6) is 1.92. The van der Waals surface area contributed by atoms with Crippen LogP contribution >= 0.6 is 23.3 Å². The minimum absolute atomic E-state index is 0.347. The zero-order valence-electron chi connectivity index (χ0n) is 12.2. The number of hydrogen-bond donors (Lipinski definition) is 1. The molecule has 2 rings (SSSR count). The van der Waals surface area contributed by atoms with Crippen LogP contribution in [0.5, 0.6) is 0 Å². The summed E-state index contributed by atoms with van der Waals surface area (Å²) in [5, 5.41) is 3.38. The Bertz CT molecular complexity index is 522. The molecule has 20 heavy (non-hydrogen) atoms. The van der Waals surface area contributed by atoms with Gasteiger partial charge in [-0.3, -0.25) is 0 Å². The number of aromatic nitrogens is 2. The summed E-state index contributed by atoms with van der Waals surface area (Å²) in [6.07, 6.45) is 1.99. The lowest BCUT2D eigenvalue weighted by Gasteiger charge is -2.15. The van der Waals surface area contributed by atoms with E-state index in [9.17, 15) is 0 Å². The summed E-state index contributed by atoms with van der Waals surface area (Å²) in [4.78, 5) is 4.50. The molecule has 108 valence electrons. The Morgan fingerprint density at radius 3 is 2.50 bits per heavy atom. The van der Waals surface area contributed by atoms with Gasteiger partial charge < -0.3 is 5.32 Å². The smallest absolute Gasteiger partial charge is 0.170 e. The van der Waals surface area contributed by atoms with Crippen LogP contribution in [0.3, 0.4) is 0 Å². The lowest BCUT2D eigenvalue weighted by molar-refractivity contribution is 0.661. The Kier molecular flexibility index (Phi) is 6.01. The number of thioether (sulfide) groups is 1. The Balaban J connectivity index is 1.97. The zero-order valence-corrected chi connectivity index (χ0v) is 13.9. The molecule has 1 N–H and O–H groups in total. The highest BCUT2D eigenvalue weighted by Crippen LogP contribution is 2.26. The fourth-order valence-electron chi connectivity index (χ4n) is 1.93. The van der Waals surface area contributed by atoms with Crippen LogP contribution in [0.1, 0.15) is 36.8 Å². The number of aryl methyl sites for hydroxylation is 2. The molecule has 0 saturated heterocycles. The minimum atomic E-state index is 0.347. The summed E-state index contributed by atoms with van der Waals surface area (Å²) in [6, 6.07) is 9.21. The molecule has 0 aliphatic heterocycles. The standard InChI is InChI=1S/C15H21N3S2/c1-4-11-6-8-12(9-7-11)13(16-3)10-19-15-17-14(5-2)18-20-15/h6-9,13,16H,4-5,10H2,1-3H3. The number of nitrogens with one attached hydrogen (secondary N) is 1. The molecule has 0 aliphatic rings. The molecule has 0 fully saturated rings. The summed E-state index contributed by atoms with van der Waals surface area (Å²) in [5.41, 5.74) is 2.71. The highest BCUT2D eigenvalue weighted by atomic mass is 32.2. The lowest BCUT2D eigenvalue weighted by Crippen LogP contribution is -2.18. The van der Waals surface area contributed by atoms with Crippen molar-refractivity contribution in [2.45, 2.75) is 37.1 Å². The van der Waals surface area contributed by atoms with Gasteiger partial charge in [0.15, 0.2) is 4.34 Å². The predicted octanol–water partition coefficient (Wildman–Crippen LogP) is 3.72. The number of hydrogen-bond acceptors (Lipinski definition) is 5. The van der Waals surface area contributed by atoms with E-state index in [2.05, 4.69) is 52.8 Å². The first-order valence-electron chi connectivity index (χ1n) is 6.98. The first-order valence-corrected chi connectivity index (χ1v) is 8.74. The molecule has 1 heterocycles. The summed E-state index contributed by atoms with van der Waals surface area (Å²) >= 11 is 3.28. The summed E-state index contributed by atoms with van der Waals surface area (Å²) < 4.78 is 5.39. The van der Waals surface area contributed by atoms with Crippen LogP contribution in [0.4, 0.5) is 0 Å². The largest absolute Gasteiger partial charge is 0.312 e. The van der Waals surface area contributed by atoms with Crippen LogP contribution in [-0.4, -0.2) is 22.2 Å². The van der Waals surface area contributed by atoms with Crippen molar-refractivity contribution in [3.8, 4) is 0 Å². The van der Waals surface area contributed by atoms with Crippen LogP contribution in [0.2, 0.25) is 0 Å². The lowest BCUT2D eigenvalue weighted by atomic mass is 10.1. The molecule has 0 spiro atoms. The molecule has 0 amide bonds. The molecular formula is C15H21N3S2. The van der Waals surface area contributed by atoms with E-state index >= 15 is 0 Å². The number of rotatable bonds is 7. The first-order chi connectivity index (χ1) is 9.76. The molecule has 0 bridgehead atoms. The van der Waals surface area contributed by atoms with Crippen molar-refractivity contribution in [1.29, 1.82) is 0 Å². The van der Waals surface area contributed by atoms with Crippen molar-refractivity contribution in [3.05, 3.63) is 41.2 Å². The van der Waals surface area contributed by atoms with Crippen molar-refractivity contribution in [1.82, 2.24) is 14.7 Å². The van der Waals surface area contributed by atoms with Gasteiger partial charge >= 0.3 is 0 Å². The Morgan fingerprint density at radius 1 is 1.20 bits per heavy atom. The van der Waals surface area contributed by atoms with E-state index < -0.39 is 0 Å². The van der Waals surface area contributed by atoms with Gasteiger partial charge in [-0.25, -0.2) is 4.98 Å². The Morgan fingerprint density at radius 2 is 1.95 bits per heavy atom. The number of nitrogens with zero attached hydrogens (tertiary/aromatic N) is 2. The second-order valence-corrected chi connectivity index (χ2v) is 6.60. The van der Waals surface area contributed by atoms with Crippen LogP contribution in [0.25, 0.3) is 0 Å². The molecule has 0 aliphatic carbocycles. The quantitative estimate of drug-likeness (QED) is 0.791. The molecule has 0 saturated carbocycles. The van der Waals surface area contributed by atoms with Crippen molar-refractivity contribution >= 4 is 23.3 Å². The van der Waals surface area contributed by atoms with Crippen molar-refractivity contribution in [2.75, 3.05) is 12.8 Å². The van der Waals surface area contributed by atoms with E-state index in [0.717, 1.165) is 28.8 Å². The number of benzene rings is 1. The summed E-state index contributed by atoms with van der Waals surface area (Å²) in [6.45, 7) is 4.27. The van der Waals surface area contributed by atoms with E-state index in [1.807, 2.05) is 7.05 Å². The third-order valence-electron chi connectivity index (χ3n) is 3.28. The topological polar surface area (TPSA) is 37.8 Å². The molecule has 1 aromatic heterocycles. The molecular weight excluding hydrogens is 286 g/mol. The average molecular weight is 307 g/mol. The molecule has 1 unspecified atom stereocenters. The SMILES string of the molecule is CCc1ccc(C(CSc2nc(CC)ns2)NC)cc1. The fourth-order valence-corrected chi connectivity index (χ4v) is 3.79. The van der Waals surface area contributed by atoms with E-state index in [-0.39, 0.29) is 0 Å². The monoisotopic (exact) mass is 307 g/mol. The minimum Gasteiger partial charge on any atom is -0.312 e. The third-order valence-corrected chi connectivity index (χ3v) is 5.24. The van der Waals surface area contributed by atoms with Gasteiger partial charge in [-0.05, 0) is 36.1 Å². The molecule has 2 aromatic rings. The van der Waals surface area contributed by atoms with Gasteiger partial charge in [0, 0.05) is 18.2 Å². The molecule has 1 atom stereocenters. The Hall–Kier alpha value is -0.910. The molecule has 0 radical (unpaired) electrons. The van der Waals surface area contributed by atoms with Gasteiger partial charge in [-0.1, -0.05) is 49.9 Å². The van der Waals surface area contributed by atoms with Gasteiger partial charge in [0.25, 0.3) is 0 Å². The second kappa shape index (κ2) is 7.76. The maximum atomic E-state index is 4.50. The zero-order chi connectivity index (χ0) is 14.4. The first kappa shape index (κ1) is 15.5. The van der Waals surface area contributed by atoms with Crippen LogP contribution < -0.4 is 5.32 Å². The van der Waals surface area contributed by atoms with E-state index in [1.165, 1.54) is 22.7 Å². The highest BCUT2D eigenvalue weighted by Gasteiger charge is 2.11. The van der Waals surface area contributed by atoms with E-state index in [0.29, 0.717) is 6.04 Å². The normalized spacial score (nSPS) is 12.6.